The molecule has 0 aliphatic carbocycles. The summed E-state index contributed by atoms with van der Waals surface area (Å²) in [5.74, 6) is 0. The molecule has 4 nitrogen and oxygen atoms in total. The first-order valence-electron chi connectivity index (χ1n) is 7.64. The van der Waals surface area contributed by atoms with Gasteiger partial charge in [-0.1, -0.05) is 18.2 Å². The average Bonchev–Trinajstić information content (AvgIpc) is 2.50. The molecule has 1 aromatic carbocycles. The fourth-order valence-electron chi connectivity index (χ4n) is 2.60. The molecule has 0 radical (unpaired) electrons. The van der Waals surface area contributed by atoms with Crippen LogP contribution in [0.15, 0.2) is 30.3 Å². The first kappa shape index (κ1) is 15.7. The van der Waals surface area contributed by atoms with Crippen molar-refractivity contribution in [2.75, 3.05) is 38.6 Å². The Morgan fingerprint density at radius 2 is 1.90 bits per heavy atom. The number of fused-ring (bicyclic) bond motifs is 1. The Morgan fingerprint density at radius 1 is 1.14 bits per heavy atom. The fraction of sp³-hybridized carbons (Fsp3) is 0.471. The predicted octanol–water partition coefficient (Wildman–Crippen LogP) is 2.47. The second-order valence-electron chi connectivity index (χ2n) is 5.59. The van der Waals surface area contributed by atoms with Gasteiger partial charge >= 0.3 is 0 Å². The van der Waals surface area contributed by atoms with Gasteiger partial charge in [-0.05, 0) is 46.1 Å². The highest BCUT2D eigenvalue weighted by Crippen LogP contribution is 2.26. The lowest BCUT2D eigenvalue weighted by molar-refractivity contribution is 0.400. The van der Waals surface area contributed by atoms with Crippen LogP contribution >= 0.6 is 0 Å². The van der Waals surface area contributed by atoms with Crippen molar-refractivity contribution in [3.63, 3.8) is 0 Å². The van der Waals surface area contributed by atoms with Crippen molar-refractivity contribution in [3.05, 3.63) is 36.0 Å². The van der Waals surface area contributed by atoms with Crippen LogP contribution in [0.2, 0.25) is 0 Å². The van der Waals surface area contributed by atoms with Crippen molar-refractivity contribution in [2.24, 2.45) is 5.73 Å². The summed E-state index contributed by atoms with van der Waals surface area (Å²) < 4.78 is 0. The molecule has 0 saturated carbocycles. The van der Waals surface area contributed by atoms with Gasteiger partial charge in [0.05, 0.1) is 11.2 Å². The summed E-state index contributed by atoms with van der Waals surface area (Å²) in [6.45, 7) is 5.82. The number of hydrogen-bond acceptors (Lipinski definition) is 4. The van der Waals surface area contributed by atoms with Gasteiger partial charge in [0.1, 0.15) is 0 Å². The van der Waals surface area contributed by atoms with Crippen LogP contribution in [0.5, 0.6) is 0 Å². The Morgan fingerprint density at radius 3 is 2.57 bits per heavy atom. The molecular weight excluding hydrogens is 260 g/mol. The van der Waals surface area contributed by atoms with E-state index < -0.39 is 0 Å². The number of rotatable bonds is 7. The fourth-order valence-corrected chi connectivity index (χ4v) is 2.60. The largest absolute Gasteiger partial charge is 0.371 e. The number of pyridine rings is 1. The number of nitrogens with zero attached hydrogens (tertiary/aromatic N) is 3. The molecule has 0 saturated heterocycles. The van der Waals surface area contributed by atoms with E-state index in [1.165, 1.54) is 11.1 Å². The zero-order valence-corrected chi connectivity index (χ0v) is 13.3. The molecule has 21 heavy (non-hydrogen) atoms. The van der Waals surface area contributed by atoms with Gasteiger partial charge in [-0.2, -0.15) is 0 Å². The van der Waals surface area contributed by atoms with E-state index in [9.17, 15) is 0 Å². The number of benzene rings is 1. The Bertz CT molecular complexity index is 580. The predicted molar refractivity (Wildman–Crippen MR) is 90.7 cm³/mol. The monoisotopic (exact) mass is 286 g/mol. The third kappa shape index (κ3) is 3.93. The lowest BCUT2D eigenvalue weighted by Crippen LogP contribution is -2.27. The van der Waals surface area contributed by atoms with E-state index in [1.807, 2.05) is 6.07 Å². The highest BCUT2D eigenvalue weighted by Gasteiger charge is 2.11. The number of aromatic nitrogens is 1. The maximum Gasteiger partial charge on any atom is 0.0726 e. The van der Waals surface area contributed by atoms with E-state index >= 15 is 0 Å². The number of nitrogens with two attached hydrogens (primary N) is 1. The van der Waals surface area contributed by atoms with E-state index in [0.29, 0.717) is 6.54 Å². The Kier molecular flexibility index (Phi) is 5.53. The molecule has 2 N–H and O–H groups in total. The van der Waals surface area contributed by atoms with E-state index in [1.54, 1.807) is 0 Å². The molecule has 4 heteroatoms. The van der Waals surface area contributed by atoms with Crippen LogP contribution in [-0.2, 0) is 6.54 Å². The maximum atomic E-state index is 5.80. The molecule has 0 unspecified atom stereocenters. The van der Waals surface area contributed by atoms with Gasteiger partial charge in [0, 0.05) is 30.7 Å². The SMILES string of the molecule is CCN(CCCN(C)C)c1cc(CN)nc2ccccc12. The Labute approximate surface area is 127 Å². The number of para-hydroxylation sites is 1. The highest BCUT2D eigenvalue weighted by atomic mass is 15.1. The van der Waals surface area contributed by atoms with Crippen LogP contribution < -0.4 is 10.6 Å². The van der Waals surface area contributed by atoms with Crippen LogP contribution in [0.3, 0.4) is 0 Å². The van der Waals surface area contributed by atoms with E-state index in [0.717, 1.165) is 37.3 Å². The van der Waals surface area contributed by atoms with Gasteiger partial charge in [0.25, 0.3) is 0 Å². The third-order valence-corrected chi connectivity index (χ3v) is 3.71. The van der Waals surface area contributed by atoms with Crippen LogP contribution in [0.1, 0.15) is 19.0 Å². The first-order valence-corrected chi connectivity index (χ1v) is 7.64. The van der Waals surface area contributed by atoms with E-state index in [2.05, 4.69) is 60.1 Å². The molecule has 0 fully saturated rings. The second kappa shape index (κ2) is 7.38. The molecule has 1 heterocycles. The van der Waals surface area contributed by atoms with Crippen molar-refractivity contribution in [1.29, 1.82) is 0 Å². The van der Waals surface area contributed by atoms with Crippen LogP contribution in [0, 0.1) is 0 Å². The van der Waals surface area contributed by atoms with Crippen LogP contribution in [0.25, 0.3) is 10.9 Å². The molecule has 0 bridgehead atoms. The second-order valence-corrected chi connectivity index (χ2v) is 5.59. The molecular formula is C17H26N4. The normalized spacial score (nSPS) is 11.3. The zero-order valence-electron chi connectivity index (χ0n) is 13.3. The van der Waals surface area contributed by atoms with Crippen LogP contribution in [0.4, 0.5) is 5.69 Å². The minimum Gasteiger partial charge on any atom is -0.371 e. The standard InChI is InChI=1S/C17H26N4/c1-4-21(11-7-10-20(2)3)17-12-14(13-18)19-16-9-6-5-8-15(16)17/h5-6,8-9,12H,4,7,10-11,13,18H2,1-3H3. The summed E-state index contributed by atoms with van der Waals surface area (Å²) in [6, 6.07) is 10.4. The zero-order chi connectivity index (χ0) is 15.2. The van der Waals surface area contributed by atoms with Crippen molar-refractivity contribution in [2.45, 2.75) is 19.9 Å². The van der Waals surface area contributed by atoms with Crippen molar-refractivity contribution in [1.82, 2.24) is 9.88 Å². The Hall–Kier alpha value is -1.65. The molecule has 2 rings (SSSR count). The summed E-state index contributed by atoms with van der Waals surface area (Å²) in [5.41, 5.74) is 9.04. The molecule has 1 aromatic heterocycles. The van der Waals surface area contributed by atoms with Gasteiger partial charge in [0.2, 0.25) is 0 Å². The van der Waals surface area contributed by atoms with Crippen LogP contribution in [-0.4, -0.2) is 43.6 Å². The molecule has 0 amide bonds. The number of anilines is 1. The average molecular weight is 286 g/mol. The van der Waals surface area contributed by atoms with Gasteiger partial charge < -0.3 is 15.5 Å². The van der Waals surface area contributed by atoms with Gasteiger partial charge in [-0.15, -0.1) is 0 Å². The highest BCUT2D eigenvalue weighted by molar-refractivity contribution is 5.92. The topological polar surface area (TPSA) is 45.4 Å². The Balaban J connectivity index is 2.32. The lowest BCUT2D eigenvalue weighted by atomic mass is 10.1. The van der Waals surface area contributed by atoms with Gasteiger partial charge in [-0.25, -0.2) is 0 Å². The first-order chi connectivity index (χ1) is 10.2. The summed E-state index contributed by atoms with van der Waals surface area (Å²) >= 11 is 0. The van der Waals surface area contributed by atoms with Crippen molar-refractivity contribution < 1.29 is 0 Å². The lowest BCUT2D eigenvalue weighted by Gasteiger charge is -2.26. The maximum absolute atomic E-state index is 5.80. The molecule has 2 aromatic rings. The molecule has 114 valence electrons. The van der Waals surface area contributed by atoms with E-state index in [-0.39, 0.29) is 0 Å². The van der Waals surface area contributed by atoms with E-state index in [4.69, 9.17) is 5.73 Å². The minimum absolute atomic E-state index is 0.479. The van der Waals surface area contributed by atoms with Crippen molar-refractivity contribution in [3.8, 4) is 0 Å². The summed E-state index contributed by atoms with van der Waals surface area (Å²) in [7, 11) is 4.23. The van der Waals surface area contributed by atoms with Gasteiger partial charge in [0.15, 0.2) is 0 Å². The smallest absolute Gasteiger partial charge is 0.0726 e. The summed E-state index contributed by atoms with van der Waals surface area (Å²) in [6.07, 6.45) is 1.15. The number of hydrogen-bond donors (Lipinski definition) is 1. The molecule has 0 aliphatic rings. The van der Waals surface area contributed by atoms with Crippen molar-refractivity contribution >= 4 is 16.6 Å². The summed E-state index contributed by atoms with van der Waals surface area (Å²) in [5, 5.41) is 1.21. The minimum atomic E-state index is 0.479. The molecule has 0 aliphatic heterocycles. The molecule has 0 spiro atoms. The quantitative estimate of drug-likeness (QED) is 0.849. The summed E-state index contributed by atoms with van der Waals surface area (Å²) in [4.78, 5) is 9.27. The van der Waals surface area contributed by atoms with Gasteiger partial charge in [-0.3, -0.25) is 4.98 Å². The molecule has 0 atom stereocenters. The third-order valence-electron chi connectivity index (χ3n) is 3.71.